The summed E-state index contributed by atoms with van der Waals surface area (Å²) in [5.41, 5.74) is 4.30. The smallest absolute Gasteiger partial charge is 0.295 e. The van der Waals surface area contributed by atoms with Gasteiger partial charge in [-0.2, -0.15) is 10.2 Å². The molecule has 1 atom stereocenters. The molecule has 0 aliphatic rings. The van der Waals surface area contributed by atoms with E-state index < -0.39 is 11.6 Å². The first kappa shape index (κ1) is 21.8. The molecule has 0 aliphatic carbocycles. The van der Waals surface area contributed by atoms with Crippen LogP contribution in [0, 0.1) is 20.8 Å². The van der Waals surface area contributed by atoms with Crippen molar-refractivity contribution in [3.63, 3.8) is 0 Å². The lowest BCUT2D eigenvalue weighted by Gasteiger charge is -2.15. The lowest BCUT2D eigenvalue weighted by atomic mass is 10.2. The number of hydrogen-bond donors (Lipinski definition) is 1. The van der Waals surface area contributed by atoms with E-state index in [2.05, 4.69) is 15.5 Å². The average molecular weight is 450 g/mol. The minimum absolute atomic E-state index is 0.299. The van der Waals surface area contributed by atoms with Crippen molar-refractivity contribution in [1.82, 2.24) is 24.9 Å². The number of carbonyl (C=O) groups is 1. The first-order valence-electron chi connectivity index (χ1n) is 10.3. The number of carbonyl (C=O) groups excluding carboxylic acids is 1. The van der Waals surface area contributed by atoms with E-state index in [1.54, 1.807) is 23.7 Å². The van der Waals surface area contributed by atoms with Gasteiger partial charge in [0.15, 0.2) is 5.52 Å². The summed E-state index contributed by atoms with van der Waals surface area (Å²) in [6.07, 6.45) is 0. The third kappa shape index (κ3) is 4.03. The van der Waals surface area contributed by atoms with Crippen LogP contribution < -0.4 is 10.9 Å². The number of halogens is 1. The molecule has 0 radical (unpaired) electrons. The van der Waals surface area contributed by atoms with Gasteiger partial charge in [0.05, 0.1) is 22.5 Å². The van der Waals surface area contributed by atoms with E-state index in [1.807, 2.05) is 57.2 Å². The van der Waals surface area contributed by atoms with Crippen molar-refractivity contribution in [2.24, 2.45) is 0 Å². The largest absolute Gasteiger partial charge is 0.350 e. The van der Waals surface area contributed by atoms with Crippen LogP contribution >= 0.6 is 11.6 Å². The molecular weight excluding hydrogens is 426 g/mol. The van der Waals surface area contributed by atoms with Crippen molar-refractivity contribution < 1.29 is 4.79 Å². The van der Waals surface area contributed by atoms with E-state index in [9.17, 15) is 9.59 Å². The van der Waals surface area contributed by atoms with Crippen molar-refractivity contribution in [2.45, 2.75) is 40.3 Å². The minimum atomic E-state index is -0.789. The zero-order valence-corrected chi connectivity index (χ0v) is 19.1. The Morgan fingerprint density at radius 3 is 2.34 bits per heavy atom. The van der Waals surface area contributed by atoms with Gasteiger partial charge in [-0.1, -0.05) is 41.4 Å². The summed E-state index contributed by atoms with van der Waals surface area (Å²) in [5.74, 6) is -0.303. The first-order chi connectivity index (χ1) is 15.3. The Hall–Kier alpha value is -3.45. The number of nitrogens with one attached hydrogen (secondary N) is 1. The van der Waals surface area contributed by atoms with E-state index in [0.717, 1.165) is 22.5 Å². The van der Waals surface area contributed by atoms with E-state index in [1.165, 1.54) is 4.68 Å². The Balaban J connectivity index is 1.66. The number of hydrogen-bond acceptors (Lipinski definition) is 4. The lowest BCUT2D eigenvalue weighted by Crippen LogP contribution is -2.37. The summed E-state index contributed by atoms with van der Waals surface area (Å²) in [6.45, 7) is 7.74. The number of rotatable bonds is 5. The van der Waals surface area contributed by atoms with Crippen LogP contribution in [0.5, 0.6) is 0 Å². The van der Waals surface area contributed by atoms with Crippen LogP contribution in [-0.4, -0.2) is 25.5 Å². The second-order valence-corrected chi connectivity index (χ2v) is 8.35. The molecule has 4 rings (SSSR count). The standard InChI is InChI=1S/C24H24ClN5O2/c1-14-5-11-20(12-6-14)29-16(3)21-15(2)27-30(24(32)22(21)28-29)17(4)23(31)26-13-18-7-9-19(25)10-8-18/h5-12,17H,13H2,1-4H3,(H,26,31)/t17-/m0/s1. The Labute approximate surface area is 190 Å². The average Bonchev–Trinajstić information content (AvgIpc) is 3.13. The van der Waals surface area contributed by atoms with Gasteiger partial charge < -0.3 is 5.32 Å². The van der Waals surface area contributed by atoms with Gasteiger partial charge in [-0.25, -0.2) is 9.36 Å². The fraction of sp³-hybridized carbons (Fsp3) is 0.250. The predicted molar refractivity (Wildman–Crippen MR) is 125 cm³/mol. The van der Waals surface area contributed by atoms with E-state index in [-0.39, 0.29) is 5.91 Å². The second kappa shape index (κ2) is 8.59. The maximum atomic E-state index is 13.2. The molecule has 1 N–H and O–H groups in total. The van der Waals surface area contributed by atoms with Crippen molar-refractivity contribution in [2.75, 3.05) is 0 Å². The highest BCUT2D eigenvalue weighted by Gasteiger charge is 2.23. The Morgan fingerprint density at radius 2 is 1.69 bits per heavy atom. The molecule has 0 fully saturated rings. The van der Waals surface area contributed by atoms with Gasteiger partial charge in [0.25, 0.3) is 5.56 Å². The fourth-order valence-corrected chi connectivity index (χ4v) is 3.83. The Morgan fingerprint density at radius 1 is 1.03 bits per heavy atom. The van der Waals surface area contributed by atoms with Gasteiger partial charge in [0.1, 0.15) is 6.04 Å². The van der Waals surface area contributed by atoms with Crippen LogP contribution in [0.1, 0.15) is 35.5 Å². The van der Waals surface area contributed by atoms with E-state index in [4.69, 9.17) is 11.6 Å². The van der Waals surface area contributed by atoms with Crippen LogP contribution in [0.25, 0.3) is 16.6 Å². The first-order valence-corrected chi connectivity index (χ1v) is 10.7. The summed E-state index contributed by atoms with van der Waals surface area (Å²) >= 11 is 5.90. The third-order valence-corrected chi connectivity index (χ3v) is 5.80. The highest BCUT2D eigenvalue weighted by atomic mass is 35.5. The van der Waals surface area contributed by atoms with Crippen molar-refractivity contribution in [1.29, 1.82) is 0 Å². The topological polar surface area (TPSA) is 81.8 Å². The van der Waals surface area contributed by atoms with Crippen molar-refractivity contribution in [3.8, 4) is 5.69 Å². The van der Waals surface area contributed by atoms with Gasteiger partial charge in [-0.05, 0) is 57.5 Å². The summed E-state index contributed by atoms with van der Waals surface area (Å²) in [5, 5.41) is 13.2. The number of aryl methyl sites for hydroxylation is 3. The molecule has 2 aromatic carbocycles. The van der Waals surface area contributed by atoms with Crippen LogP contribution in [-0.2, 0) is 11.3 Å². The summed E-state index contributed by atoms with van der Waals surface area (Å²) in [7, 11) is 0. The molecule has 0 aliphatic heterocycles. The number of benzene rings is 2. The molecule has 164 valence electrons. The van der Waals surface area contributed by atoms with Gasteiger partial charge in [0.2, 0.25) is 5.91 Å². The highest BCUT2D eigenvalue weighted by molar-refractivity contribution is 6.30. The second-order valence-electron chi connectivity index (χ2n) is 7.91. The molecule has 2 heterocycles. The number of aromatic nitrogens is 4. The highest BCUT2D eigenvalue weighted by Crippen LogP contribution is 2.22. The van der Waals surface area contributed by atoms with Crippen LogP contribution in [0.4, 0.5) is 0 Å². The fourth-order valence-electron chi connectivity index (χ4n) is 3.70. The van der Waals surface area contributed by atoms with Gasteiger partial charge in [-0.3, -0.25) is 9.59 Å². The molecule has 2 aromatic heterocycles. The molecule has 7 nitrogen and oxygen atoms in total. The molecule has 32 heavy (non-hydrogen) atoms. The van der Waals surface area contributed by atoms with Crippen molar-refractivity contribution >= 4 is 28.4 Å². The third-order valence-electron chi connectivity index (χ3n) is 5.55. The molecule has 1 amide bonds. The maximum absolute atomic E-state index is 13.2. The Bertz CT molecular complexity index is 1350. The van der Waals surface area contributed by atoms with E-state index in [0.29, 0.717) is 28.2 Å². The molecule has 8 heteroatoms. The molecule has 0 unspecified atom stereocenters. The quantitative estimate of drug-likeness (QED) is 0.498. The molecule has 0 saturated carbocycles. The molecule has 0 bridgehead atoms. The normalized spacial score (nSPS) is 12.2. The molecule has 0 spiro atoms. The van der Waals surface area contributed by atoms with Crippen molar-refractivity contribution in [3.05, 3.63) is 86.4 Å². The van der Waals surface area contributed by atoms with Gasteiger partial charge >= 0.3 is 0 Å². The van der Waals surface area contributed by atoms with E-state index >= 15 is 0 Å². The zero-order chi connectivity index (χ0) is 23.0. The lowest BCUT2D eigenvalue weighted by molar-refractivity contribution is -0.124. The van der Waals surface area contributed by atoms with Gasteiger partial charge in [0, 0.05) is 11.6 Å². The van der Waals surface area contributed by atoms with Gasteiger partial charge in [-0.15, -0.1) is 0 Å². The predicted octanol–water partition coefficient (Wildman–Crippen LogP) is 4.04. The zero-order valence-electron chi connectivity index (χ0n) is 18.4. The summed E-state index contributed by atoms with van der Waals surface area (Å²) < 4.78 is 2.95. The summed E-state index contributed by atoms with van der Waals surface area (Å²) in [6, 6.07) is 14.3. The summed E-state index contributed by atoms with van der Waals surface area (Å²) in [4.78, 5) is 26.0. The van der Waals surface area contributed by atoms with Crippen LogP contribution in [0.15, 0.2) is 53.3 Å². The number of fused-ring (bicyclic) bond motifs is 1. The molecule has 4 aromatic rings. The molecule has 0 saturated heterocycles. The molecular formula is C24H24ClN5O2. The van der Waals surface area contributed by atoms with Crippen LogP contribution in [0.3, 0.4) is 0 Å². The Kier molecular flexibility index (Phi) is 5.84. The number of amides is 1. The SMILES string of the molecule is Cc1ccc(-n2nc3c(=O)n([C@@H](C)C(=O)NCc4ccc(Cl)cc4)nc(C)c3c2C)cc1. The monoisotopic (exact) mass is 449 g/mol. The van der Waals surface area contributed by atoms with Crippen LogP contribution in [0.2, 0.25) is 5.02 Å². The maximum Gasteiger partial charge on any atom is 0.295 e. The number of nitrogens with zero attached hydrogens (tertiary/aromatic N) is 4. The minimum Gasteiger partial charge on any atom is -0.350 e.